The van der Waals surface area contributed by atoms with Crippen molar-refractivity contribution in [1.29, 1.82) is 0 Å². The molecule has 0 radical (unpaired) electrons. The molecule has 0 aliphatic heterocycles. The lowest BCUT2D eigenvalue weighted by molar-refractivity contribution is 0.100. The summed E-state index contributed by atoms with van der Waals surface area (Å²) >= 11 is 0. The van der Waals surface area contributed by atoms with E-state index >= 15 is 0 Å². The number of carbonyl (C=O) groups excluding carboxylic acids is 3. The Morgan fingerprint density at radius 1 is 0.939 bits per heavy atom. The van der Waals surface area contributed by atoms with Crippen LogP contribution in [0.4, 0.5) is 11.6 Å². The summed E-state index contributed by atoms with van der Waals surface area (Å²) in [6.07, 6.45) is 0. The molecular formula is C24H21N5O4. The van der Waals surface area contributed by atoms with Crippen molar-refractivity contribution in [2.24, 2.45) is 0 Å². The number of imidazole rings is 1. The van der Waals surface area contributed by atoms with Crippen LogP contribution in [0.3, 0.4) is 0 Å². The molecular weight excluding hydrogens is 422 g/mol. The summed E-state index contributed by atoms with van der Waals surface area (Å²) in [4.78, 5) is 48.8. The van der Waals surface area contributed by atoms with Crippen molar-refractivity contribution >= 4 is 40.1 Å². The number of nitrogens with two attached hydrogens (primary N) is 1. The summed E-state index contributed by atoms with van der Waals surface area (Å²) in [6.45, 7) is 2.83. The molecule has 166 valence electrons. The van der Waals surface area contributed by atoms with Crippen LogP contribution in [-0.2, 0) is 0 Å². The van der Waals surface area contributed by atoms with Gasteiger partial charge in [0.25, 0.3) is 5.91 Å². The first-order valence-electron chi connectivity index (χ1n) is 10.0. The number of hydrogen-bond acceptors (Lipinski definition) is 7. The van der Waals surface area contributed by atoms with Gasteiger partial charge in [-0.05, 0) is 49.7 Å². The van der Waals surface area contributed by atoms with Gasteiger partial charge in [-0.15, -0.1) is 0 Å². The number of pyridine rings is 1. The molecule has 9 heteroatoms. The van der Waals surface area contributed by atoms with Crippen molar-refractivity contribution in [3.8, 4) is 17.0 Å². The molecule has 0 spiro atoms. The molecule has 0 saturated heterocycles. The molecule has 33 heavy (non-hydrogen) atoms. The molecule has 0 saturated carbocycles. The summed E-state index contributed by atoms with van der Waals surface area (Å²) in [6, 6.07) is 13.2. The van der Waals surface area contributed by atoms with E-state index in [1.807, 2.05) is 0 Å². The van der Waals surface area contributed by atoms with Gasteiger partial charge in [0, 0.05) is 28.4 Å². The van der Waals surface area contributed by atoms with Gasteiger partial charge in [0.1, 0.15) is 5.69 Å². The summed E-state index contributed by atoms with van der Waals surface area (Å²) in [5, 5.41) is 2.81. The number of nitrogens with zero attached hydrogens (tertiary/aromatic N) is 2. The fraction of sp³-hybridized carbons (Fsp3) is 0.125. The first-order chi connectivity index (χ1) is 15.8. The van der Waals surface area contributed by atoms with Gasteiger partial charge in [-0.25, -0.2) is 9.97 Å². The predicted octanol–water partition coefficient (Wildman–Crippen LogP) is 3.87. The number of benzene rings is 2. The van der Waals surface area contributed by atoms with Crippen LogP contribution in [0, 0.1) is 0 Å². The Labute approximate surface area is 189 Å². The summed E-state index contributed by atoms with van der Waals surface area (Å²) in [5.74, 6) is -0.385. The quantitative estimate of drug-likeness (QED) is 0.384. The standard InChI is InChI=1S/C24H21N5O4/c1-12(30)14-4-6-16(18(10-14)13(2)31)17-7-9-21(33-3)29-22(17)23(32)26-15-5-8-19-20(11-15)28-24(25)27-19/h4-11H,1-3H3,(H,26,32)(H3,25,27,28). The van der Waals surface area contributed by atoms with E-state index in [0.29, 0.717) is 39.0 Å². The number of rotatable bonds is 6. The van der Waals surface area contributed by atoms with Crippen molar-refractivity contribution in [3.63, 3.8) is 0 Å². The minimum absolute atomic E-state index is 0.0663. The number of Topliss-reactive ketones (excluding diaryl/α,β-unsaturated/α-hetero) is 2. The zero-order chi connectivity index (χ0) is 23.7. The average molecular weight is 443 g/mol. The maximum Gasteiger partial charge on any atom is 0.275 e. The Morgan fingerprint density at radius 3 is 2.39 bits per heavy atom. The van der Waals surface area contributed by atoms with E-state index in [1.165, 1.54) is 27.0 Å². The molecule has 4 rings (SSSR count). The molecule has 9 nitrogen and oxygen atoms in total. The van der Waals surface area contributed by atoms with E-state index in [-0.39, 0.29) is 29.1 Å². The number of nitrogens with one attached hydrogen (secondary N) is 2. The molecule has 2 aromatic carbocycles. The topological polar surface area (TPSA) is 140 Å². The van der Waals surface area contributed by atoms with Gasteiger partial charge in [0.2, 0.25) is 5.88 Å². The molecule has 0 atom stereocenters. The van der Waals surface area contributed by atoms with Crippen molar-refractivity contribution in [2.75, 3.05) is 18.2 Å². The highest BCUT2D eigenvalue weighted by molar-refractivity contribution is 6.11. The monoisotopic (exact) mass is 443 g/mol. The van der Waals surface area contributed by atoms with Crippen molar-refractivity contribution in [1.82, 2.24) is 15.0 Å². The lowest BCUT2D eigenvalue weighted by Crippen LogP contribution is -2.16. The third kappa shape index (κ3) is 4.29. The highest BCUT2D eigenvalue weighted by atomic mass is 16.5. The van der Waals surface area contributed by atoms with Crippen LogP contribution in [-0.4, -0.2) is 39.5 Å². The highest BCUT2D eigenvalue weighted by Gasteiger charge is 2.21. The maximum absolute atomic E-state index is 13.3. The molecule has 0 aliphatic rings. The molecule has 0 fully saturated rings. The molecule has 2 heterocycles. The zero-order valence-corrected chi connectivity index (χ0v) is 18.2. The average Bonchev–Trinajstić information content (AvgIpc) is 3.17. The highest BCUT2D eigenvalue weighted by Crippen LogP contribution is 2.30. The number of anilines is 2. The number of ether oxygens (including phenoxy) is 1. The maximum atomic E-state index is 13.3. The fourth-order valence-electron chi connectivity index (χ4n) is 3.53. The molecule has 4 N–H and O–H groups in total. The van der Waals surface area contributed by atoms with Crippen LogP contribution in [0.5, 0.6) is 5.88 Å². The minimum Gasteiger partial charge on any atom is -0.481 e. The van der Waals surface area contributed by atoms with Crippen LogP contribution in [0.15, 0.2) is 48.5 Å². The second kappa shape index (κ2) is 8.54. The predicted molar refractivity (Wildman–Crippen MR) is 125 cm³/mol. The van der Waals surface area contributed by atoms with Gasteiger partial charge in [-0.2, -0.15) is 0 Å². The number of fused-ring (bicyclic) bond motifs is 1. The van der Waals surface area contributed by atoms with Gasteiger partial charge in [0.05, 0.1) is 18.1 Å². The normalized spacial score (nSPS) is 10.8. The largest absolute Gasteiger partial charge is 0.481 e. The van der Waals surface area contributed by atoms with Crippen molar-refractivity contribution in [2.45, 2.75) is 13.8 Å². The van der Waals surface area contributed by atoms with Gasteiger partial charge >= 0.3 is 0 Å². The van der Waals surface area contributed by atoms with Gasteiger partial charge < -0.3 is 20.8 Å². The number of carbonyl (C=O) groups is 3. The summed E-state index contributed by atoms with van der Waals surface area (Å²) < 4.78 is 5.20. The number of methoxy groups -OCH3 is 1. The Balaban J connectivity index is 1.79. The Kier molecular flexibility index (Phi) is 5.61. The van der Waals surface area contributed by atoms with E-state index in [2.05, 4.69) is 20.3 Å². The van der Waals surface area contributed by atoms with E-state index in [4.69, 9.17) is 10.5 Å². The smallest absolute Gasteiger partial charge is 0.275 e. The van der Waals surface area contributed by atoms with E-state index < -0.39 is 5.91 Å². The van der Waals surface area contributed by atoms with Crippen LogP contribution >= 0.6 is 0 Å². The molecule has 0 unspecified atom stereocenters. The molecule has 0 bridgehead atoms. The van der Waals surface area contributed by atoms with E-state index in [9.17, 15) is 14.4 Å². The van der Waals surface area contributed by atoms with Crippen LogP contribution in [0.1, 0.15) is 45.1 Å². The number of hydrogen-bond donors (Lipinski definition) is 3. The number of aromatic nitrogens is 3. The Bertz CT molecular complexity index is 1420. The SMILES string of the molecule is COc1ccc(-c2ccc(C(C)=O)cc2C(C)=O)c(C(=O)Nc2ccc3nc(N)[nH]c3c2)n1. The van der Waals surface area contributed by atoms with Gasteiger partial charge in [0.15, 0.2) is 17.5 Å². The second-order valence-corrected chi connectivity index (χ2v) is 7.43. The molecule has 1 amide bonds. The molecule has 2 aromatic heterocycles. The minimum atomic E-state index is -0.499. The number of amides is 1. The summed E-state index contributed by atoms with van der Waals surface area (Å²) in [5.41, 5.74) is 9.25. The van der Waals surface area contributed by atoms with Crippen molar-refractivity contribution < 1.29 is 19.1 Å². The van der Waals surface area contributed by atoms with Crippen LogP contribution < -0.4 is 15.8 Å². The third-order valence-electron chi connectivity index (χ3n) is 5.15. The van der Waals surface area contributed by atoms with Crippen molar-refractivity contribution in [3.05, 3.63) is 65.4 Å². The van der Waals surface area contributed by atoms with Gasteiger partial charge in [-0.1, -0.05) is 12.1 Å². The lowest BCUT2D eigenvalue weighted by Gasteiger charge is -2.14. The second-order valence-electron chi connectivity index (χ2n) is 7.43. The first-order valence-corrected chi connectivity index (χ1v) is 10.0. The van der Waals surface area contributed by atoms with Crippen LogP contribution in [0.2, 0.25) is 0 Å². The Hall–Kier alpha value is -4.53. The fourth-order valence-corrected chi connectivity index (χ4v) is 3.53. The van der Waals surface area contributed by atoms with Gasteiger partial charge in [-0.3, -0.25) is 14.4 Å². The van der Waals surface area contributed by atoms with E-state index in [1.54, 1.807) is 42.5 Å². The third-order valence-corrected chi connectivity index (χ3v) is 5.15. The first kappa shape index (κ1) is 21.7. The summed E-state index contributed by atoms with van der Waals surface area (Å²) in [7, 11) is 1.45. The Morgan fingerprint density at radius 2 is 1.70 bits per heavy atom. The molecule has 0 aliphatic carbocycles. The lowest BCUT2D eigenvalue weighted by atomic mass is 9.93. The molecule has 4 aromatic rings. The van der Waals surface area contributed by atoms with Crippen LogP contribution in [0.25, 0.3) is 22.2 Å². The number of H-pyrrole nitrogens is 1. The number of aromatic amines is 1. The van der Waals surface area contributed by atoms with E-state index in [0.717, 1.165) is 0 Å². The number of nitrogen functional groups attached to an aromatic ring is 1. The zero-order valence-electron chi connectivity index (χ0n) is 18.2. The number of ketones is 2.